The van der Waals surface area contributed by atoms with Crippen molar-refractivity contribution in [2.24, 2.45) is 0 Å². The third kappa shape index (κ3) is 3.93. The first-order chi connectivity index (χ1) is 14.8. The Balaban J connectivity index is 1.58. The van der Waals surface area contributed by atoms with Crippen LogP contribution in [0.25, 0.3) is 17.4 Å². The normalized spacial score (nSPS) is 14.9. The molecule has 0 radical (unpaired) electrons. The number of imide groups is 1. The molecule has 0 aliphatic carbocycles. The van der Waals surface area contributed by atoms with Crippen molar-refractivity contribution >= 4 is 23.7 Å². The average Bonchev–Trinajstić information content (AvgIpc) is 3.30. The number of hydrogen-bond acceptors (Lipinski definition) is 5. The zero-order chi connectivity index (χ0) is 22.1. The standard InChI is InChI=1S/C22H16FN3O5/c1-13-6-7-15(26(29)30)10-17(13)20-9-8-16(31-20)11-19-21(27)25(22(28)24-19)12-14-4-2-3-5-18(14)23/h2-11H,12H2,1H3,(H,24,28)/b19-11+. The van der Waals surface area contributed by atoms with Crippen molar-refractivity contribution in [3.63, 3.8) is 0 Å². The van der Waals surface area contributed by atoms with Gasteiger partial charge in [0, 0.05) is 29.3 Å². The van der Waals surface area contributed by atoms with Crippen LogP contribution in [0.5, 0.6) is 0 Å². The molecule has 4 rings (SSSR count). The molecular weight excluding hydrogens is 405 g/mol. The minimum atomic E-state index is -0.666. The predicted molar refractivity (Wildman–Crippen MR) is 109 cm³/mol. The molecule has 0 atom stereocenters. The van der Waals surface area contributed by atoms with Crippen molar-refractivity contribution in [1.29, 1.82) is 0 Å². The SMILES string of the molecule is Cc1ccc([N+](=O)[O-])cc1-c1ccc(/C=C2/NC(=O)N(Cc3ccccc3F)C2=O)o1. The van der Waals surface area contributed by atoms with E-state index in [9.17, 15) is 24.1 Å². The molecule has 2 aromatic carbocycles. The van der Waals surface area contributed by atoms with Gasteiger partial charge >= 0.3 is 6.03 Å². The van der Waals surface area contributed by atoms with Crippen LogP contribution in [-0.2, 0) is 11.3 Å². The molecule has 9 heteroatoms. The van der Waals surface area contributed by atoms with E-state index in [1.807, 2.05) is 0 Å². The Labute approximate surface area is 175 Å². The molecule has 1 aliphatic heterocycles. The fraction of sp³-hybridized carbons (Fsp3) is 0.0909. The van der Waals surface area contributed by atoms with Crippen molar-refractivity contribution in [1.82, 2.24) is 10.2 Å². The molecule has 0 unspecified atom stereocenters. The summed E-state index contributed by atoms with van der Waals surface area (Å²) in [4.78, 5) is 36.3. The summed E-state index contributed by atoms with van der Waals surface area (Å²) in [6.45, 7) is 1.59. The van der Waals surface area contributed by atoms with Crippen molar-refractivity contribution in [3.05, 3.63) is 93.1 Å². The van der Waals surface area contributed by atoms with E-state index in [0.717, 1.165) is 10.5 Å². The van der Waals surface area contributed by atoms with Crippen LogP contribution in [0.3, 0.4) is 0 Å². The number of furan rings is 1. The molecule has 156 valence electrons. The number of carbonyl (C=O) groups excluding carboxylic acids is 2. The van der Waals surface area contributed by atoms with Gasteiger partial charge in [-0.25, -0.2) is 9.18 Å². The summed E-state index contributed by atoms with van der Waals surface area (Å²) in [6.07, 6.45) is 1.36. The highest BCUT2D eigenvalue weighted by Crippen LogP contribution is 2.30. The van der Waals surface area contributed by atoms with E-state index in [1.54, 1.807) is 31.2 Å². The molecule has 3 amide bonds. The van der Waals surface area contributed by atoms with Crippen LogP contribution in [-0.4, -0.2) is 21.8 Å². The molecule has 1 N–H and O–H groups in total. The first kappa shape index (κ1) is 20.0. The van der Waals surface area contributed by atoms with Gasteiger partial charge in [0.25, 0.3) is 11.6 Å². The largest absolute Gasteiger partial charge is 0.457 e. The first-order valence-corrected chi connectivity index (χ1v) is 9.26. The van der Waals surface area contributed by atoms with Gasteiger partial charge in [-0.05, 0) is 30.7 Å². The van der Waals surface area contributed by atoms with Gasteiger partial charge in [0.15, 0.2) is 0 Å². The molecule has 0 spiro atoms. The lowest BCUT2D eigenvalue weighted by atomic mass is 10.1. The number of urea groups is 1. The van der Waals surface area contributed by atoms with E-state index in [1.165, 1.54) is 36.4 Å². The summed E-state index contributed by atoms with van der Waals surface area (Å²) in [7, 11) is 0. The van der Waals surface area contributed by atoms with Crippen LogP contribution in [0.4, 0.5) is 14.9 Å². The molecule has 3 aromatic rings. The lowest BCUT2D eigenvalue weighted by Gasteiger charge is -2.12. The summed E-state index contributed by atoms with van der Waals surface area (Å²) in [5.74, 6) is -0.466. The van der Waals surface area contributed by atoms with Crippen molar-refractivity contribution in [2.75, 3.05) is 0 Å². The van der Waals surface area contributed by atoms with Gasteiger partial charge in [-0.15, -0.1) is 0 Å². The third-order valence-corrected chi connectivity index (χ3v) is 4.86. The number of rotatable bonds is 5. The molecule has 1 aliphatic rings. The number of amides is 3. The van der Waals surface area contributed by atoms with Gasteiger partial charge in [0.2, 0.25) is 0 Å². The maximum atomic E-state index is 13.9. The van der Waals surface area contributed by atoms with Crippen molar-refractivity contribution in [2.45, 2.75) is 13.5 Å². The Morgan fingerprint density at radius 3 is 2.68 bits per heavy atom. The summed E-state index contributed by atoms with van der Waals surface area (Å²) in [5.41, 5.74) is 1.45. The lowest BCUT2D eigenvalue weighted by molar-refractivity contribution is -0.384. The zero-order valence-corrected chi connectivity index (χ0v) is 16.3. The maximum Gasteiger partial charge on any atom is 0.329 e. The Kier molecular flexibility index (Phi) is 5.08. The molecule has 31 heavy (non-hydrogen) atoms. The monoisotopic (exact) mass is 421 g/mol. The molecule has 1 aromatic heterocycles. The minimum Gasteiger partial charge on any atom is -0.457 e. The number of nitrogens with one attached hydrogen (secondary N) is 1. The number of nitrogens with zero attached hydrogens (tertiary/aromatic N) is 2. The van der Waals surface area contributed by atoms with Crippen LogP contribution in [0, 0.1) is 22.9 Å². The Morgan fingerprint density at radius 1 is 1.16 bits per heavy atom. The topological polar surface area (TPSA) is 106 Å². The Bertz CT molecular complexity index is 1250. The van der Waals surface area contributed by atoms with Gasteiger partial charge in [-0.2, -0.15) is 0 Å². The van der Waals surface area contributed by atoms with Gasteiger partial charge in [0.05, 0.1) is 11.5 Å². The van der Waals surface area contributed by atoms with Crippen LogP contribution in [0.2, 0.25) is 0 Å². The van der Waals surface area contributed by atoms with E-state index in [4.69, 9.17) is 4.42 Å². The van der Waals surface area contributed by atoms with Crippen molar-refractivity contribution in [3.8, 4) is 11.3 Å². The number of halogens is 1. The maximum absolute atomic E-state index is 13.9. The second kappa shape index (κ2) is 7.86. The Hall–Kier alpha value is -4.27. The fourth-order valence-electron chi connectivity index (χ4n) is 3.22. The molecule has 0 bridgehead atoms. The number of hydrogen-bond donors (Lipinski definition) is 1. The first-order valence-electron chi connectivity index (χ1n) is 9.26. The Morgan fingerprint density at radius 2 is 1.94 bits per heavy atom. The molecule has 1 saturated heterocycles. The number of aryl methyl sites for hydroxylation is 1. The van der Waals surface area contributed by atoms with Crippen LogP contribution >= 0.6 is 0 Å². The molecule has 1 fully saturated rings. The quantitative estimate of drug-likeness (QED) is 0.285. The number of carbonyl (C=O) groups is 2. The fourth-order valence-corrected chi connectivity index (χ4v) is 3.22. The number of benzene rings is 2. The zero-order valence-electron chi connectivity index (χ0n) is 16.3. The van der Waals surface area contributed by atoms with E-state index >= 15 is 0 Å². The molecular formula is C22H16FN3O5. The van der Waals surface area contributed by atoms with Crippen LogP contribution < -0.4 is 5.32 Å². The highest BCUT2D eigenvalue weighted by Gasteiger charge is 2.34. The smallest absolute Gasteiger partial charge is 0.329 e. The second-order valence-corrected chi connectivity index (χ2v) is 6.93. The van der Waals surface area contributed by atoms with Gasteiger partial charge in [-0.3, -0.25) is 19.8 Å². The predicted octanol–water partition coefficient (Wildman–Crippen LogP) is 4.40. The van der Waals surface area contributed by atoms with Crippen LogP contribution in [0.15, 0.2) is 64.7 Å². The van der Waals surface area contributed by atoms with E-state index in [2.05, 4.69) is 5.32 Å². The van der Waals surface area contributed by atoms with Crippen molar-refractivity contribution < 1.29 is 23.3 Å². The molecule has 0 saturated carbocycles. The van der Waals surface area contributed by atoms with Crippen LogP contribution in [0.1, 0.15) is 16.9 Å². The number of non-ortho nitro benzene ring substituents is 1. The summed E-state index contributed by atoms with van der Waals surface area (Å²) < 4.78 is 19.6. The third-order valence-electron chi connectivity index (χ3n) is 4.86. The number of nitro groups is 1. The van der Waals surface area contributed by atoms with E-state index in [0.29, 0.717) is 11.3 Å². The van der Waals surface area contributed by atoms with E-state index in [-0.39, 0.29) is 29.3 Å². The van der Waals surface area contributed by atoms with Gasteiger partial charge in [-0.1, -0.05) is 24.3 Å². The van der Waals surface area contributed by atoms with Gasteiger partial charge in [0.1, 0.15) is 23.0 Å². The molecule has 8 nitrogen and oxygen atoms in total. The lowest BCUT2D eigenvalue weighted by Crippen LogP contribution is -2.30. The highest BCUT2D eigenvalue weighted by atomic mass is 19.1. The average molecular weight is 421 g/mol. The van der Waals surface area contributed by atoms with E-state index < -0.39 is 22.7 Å². The minimum absolute atomic E-state index is 0.0157. The number of nitro benzene ring substituents is 1. The van der Waals surface area contributed by atoms with Gasteiger partial charge < -0.3 is 9.73 Å². The second-order valence-electron chi connectivity index (χ2n) is 6.93. The summed E-state index contributed by atoms with van der Waals surface area (Å²) in [5, 5.41) is 13.5. The highest BCUT2D eigenvalue weighted by molar-refractivity contribution is 6.13. The summed E-state index contributed by atoms with van der Waals surface area (Å²) >= 11 is 0. The molecule has 2 heterocycles. The summed E-state index contributed by atoms with van der Waals surface area (Å²) in [6, 6.07) is 12.9.